The van der Waals surface area contributed by atoms with Crippen LogP contribution in [0.4, 0.5) is 0 Å². The molecule has 0 aromatic rings. The summed E-state index contributed by atoms with van der Waals surface area (Å²) in [5.74, 6) is 0. The van der Waals surface area contributed by atoms with E-state index in [-0.39, 0.29) is 0 Å². The number of nitrogens with zero attached hydrogens (tertiary/aromatic N) is 1. The first-order valence-electron chi connectivity index (χ1n) is 6.86. The van der Waals surface area contributed by atoms with Gasteiger partial charge in [-0.3, -0.25) is 4.99 Å². The second-order valence-electron chi connectivity index (χ2n) is 4.97. The van der Waals surface area contributed by atoms with Gasteiger partial charge in [-0.05, 0) is 32.6 Å². The maximum atomic E-state index is 4.85. The molecule has 0 saturated heterocycles. The highest BCUT2D eigenvalue weighted by Gasteiger charge is 2.11. The number of unbranched alkanes of at least 4 members (excludes halogenated alkanes) is 3. The van der Waals surface area contributed by atoms with Crippen molar-refractivity contribution >= 4 is 5.71 Å². The molecule has 0 aliphatic heterocycles. The highest BCUT2D eigenvalue weighted by Crippen LogP contribution is 2.20. The zero-order valence-corrected chi connectivity index (χ0v) is 10.6. The Morgan fingerprint density at radius 1 is 1.07 bits per heavy atom. The molecule has 0 radical (unpaired) electrons. The van der Waals surface area contributed by atoms with Crippen molar-refractivity contribution in [1.82, 2.24) is 0 Å². The van der Waals surface area contributed by atoms with Crippen LogP contribution in [0.3, 0.4) is 0 Å². The van der Waals surface area contributed by atoms with Crippen LogP contribution in [-0.4, -0.2) is 11.8 Å². The van der Waals surface area contributed by atoms with Crippen molar-refractivity contribution < 1.29 is 0 Å². The van der Waals surface area contributed by atoms with E-state index < -0.39 is 0 Å². The summed E-state index contributed by atoms with van der Waals surface area (Å²) in [5, 5.41) is 0. The Morgan fingerprint density at radius 3 is 2.47 bits per heavy atom. The van der Waals surface area contributed by atoms with Crippen LogP contribution in [0.5, 0.6) is 0 Å². The Labute approximate surface area is 95.4 Å². The number of hydrogen-bond acceptors (Lipinski definition) is 1. The van der Waals surface area contributed by atoms with Crippen LogP contribution in [-0.2, 0) is 0 Å². The Bertz CT molecular complexity index is 178. The lowest BCUT2D eigenvalue weighted by Crippen LogP contribution is -2.11. The zero-order valence-electron chi connectivity index (χ0n) is 10.6. The smallest absolute Gasteiger partial charge is 0.0498 e. The Morgan fingerprint density at radius 2 is 1.80 bits per heavy atom. The summed E-state index contributed by atoms with van der Waals surface area (Å²) in [6.07, 6.45) is 13.6. The third-order valence-electron chi connectivity index (χ3n) is 3.37. The lowest BCUT2D eigenvalue weighted by atomic mass is 9.96. The van der Waals surface area contributed by atoms with Gasteiger partial charge in [0.25, 0.3) is 0 Å². The molecule has 0 aromatic carbocycles. The largest absolute Gasteiger partial charge is 0.291 e. The van der Waals surface area contributed by atoms with Gasteiger partial charge >= 0.3 is 0 Å². The van der Waals surface area contributed by atoms with E-state index in [1.807, 2.05) is 0 Å². The minimum absolute atomic E-state index is 0.671. The van der Waals surface area contributed by atoms with Gasteiger partial charge in [0.2, 0.25) is 0 Å². The number of hydrogen-bond donors (Lipinski definition) is 0. The van der Waals surface area contributed by atoms with E-state index in [9.17, 15) is 0 Å². The molecule has 1 heteroatoms. The summed E-state index contributed by atoms with van der Waals surface area (Å²) in [6.45, 7) is 4.49. The van der Waals surface area contributed by atoms with E-state index >= 15 is 0 Å². The van der Waals surface area contributed by atoms with Crippen LogP contribution in [0.25, 0.3) is 0 Å². The van der Waals surface area contributed by atoms with Crippen molar-refractivity contribution in [3.05, 3.63) is 0 Å². The average Bonchev–Trinajstić information content (AvgIpc) is 2.26. The molecule has 1 rings (SSSR count). The van der Waals surface area contributed by atoms with Gasteiger partial charge in [0.05, 0.1) is 0 Å². The summed E-state index contributed by atoms with van der Waals surface area (Å²) in [5.41, 5.74) is 1.40. The molecule has 1 nitrogen and oxygen atoms in total. The van der Waals surface area contributed by atoms with Crippen LogP contribution < -0.4 is 0 Å². The van der Waals surface area contributed by atoms with Crippen LogP contribution in [0.1, 0.15) is 78.1 Å². The summed E-state index contributed by atoms with van der Waals surface area (Å²) in [6, 6.07) is 0.671. The minimum atomic E-state index is 0.671. The highest BCUT2D eigenvalue weighted by atomic mass is 14.8. The van der Waals surface area contributed by atoms with Crippen molar-refractivity contribution in [1.29, 1.82) is 0 Å². The Kier molecular flexibility index (Phi) is 6.71. The topological polar surface area (TPSA) is 12.4 Å². The van der Waals surface area contributed by atoms with Crippen molar-refractivity contribution in [2.45, 2.75) is 84.1 Å². The van der Waals surface area contributed by atoms with Gasteiger partial charge in [0, 0.05) is 11.8 Å². The SMILES string of the molecule is CCCCCCC(C)=NC1CCCCC1. The molecule has 0 spiro atoms. The van der Waals surface area contributed by atoms with Crippen LogP contribution >= 0.6 is 0 Å². The second-order valence-corrected chi connectivity index (χ2v) is 4.97. The molecule has 1 fully saturated rings. The molecule has 0 amide bonds. The maximum Gasteiger partial charge on any atom is 0.0498 e. The van der Waals surface area contributed by atoms with E-state index in [4.69, 9.17) is 4.99 Å². The predicted octanol–water partition coefficient (Wildman–Crippen LogP) is 4.75. The number of aliphatic imine (C=N–C) groups is 1. The van der Waals surface area contributed by atoms with Crippen LogP contribution in [0.15, 0.2) is 4.99 Å². The molecule has 0 atom stereocenters. The van der Waals surface area contributed by atoms with Crippen molar-refractivity contribution in [3.8, 4) is 0 Å². The normalized spacial score (nSPS) is 19.5. The van der Waals surface area contributed by atoms with Gasteiger partial charge in [-0.1, -0.05) is 45.4 Å². The fourth-order valence-electron chi connectivity index (χ4n) is 2.39. The third kappa shape index (κ3) is 5.96. The van der Waals surface area contributed by atoms with Gasteiger partial charge in [0.15, 0.2) is 0 Å². The minimum Gasteiger partial charge on any atom is -0.291 e. The van der Waals surface area contributed by atoms with Gasteiger partial charge in [0.1, 0.15) is 0 Å². The Balaban J connectivity index is 2.13. The molecular weight excluding hydrogens is 182 g/mol. The van der Waals surface area contributed by atoms with E-state index in [2.05, 4.69) is 13.8 Å². The fraction of sp³-hybridized carbons (Fsp3) is 0.929. The van der Waals surface area contributed by atoms with E-state index in [1.165, 1.54) is 69.9 Å². The standard InChI is InChI=1S/C14H27N/c1-3-4-5-7-10-13(2)15-14-11-8-6-9-12-14/h14H,3-12H2,1-2H3. The Hall–Kier alpha value is -0.330. The van der Waals surface area contributed by atoms with E-state index in [1.54, 1.807) is 0 Å². The molecule has 0 N–H and O–H groups in total. The monoisotopic (exact) mass is 209 g/mol. The summed E-state index contributed by atoms with van der Waals surface area (Å²) in [7, 11) is 0. The van der Waals surface area contributed by atoms with Gasteiger partial charge in [-0.25, -0.2) is 0 Å². The van der Waals surface area contributed by atoms with Gasteiger partial charge in [-0.15, -0.1) is 0 Å². The molecule has 88 valence electrons. The van der Waals surface area contributed by atoms with E-state index in [0.717, 1.165) is 0 Å². The quantitative estimate of drug-likeness (QED) is 0.442. The summed E-state index contributed by atoms with van der Waals surface area (Å²) < 4.78 is 0. The van der Waals surface area contributed by atoms with E-state index in [0.29, 0.717) is 6.04 Å². The molecule has 15 heavy (non-hydrogen) atoms. The third-order valence-corrected chi connectivity index (χ3v) is 3.37. The maximum absolute atomic E-state index is 4.85. The number of rotatable bonds is 6. The summed E-state index contributed by atoms with van der Waals surface area (Å²) in [4.78, 5) is 4.85. The first kappa shape index (κ1) is 12.7. The predicted molar refractivity (Wildman–Crippen MR) is 68.7 cm³/mol. The first-order chi connectivity index (χ1) is 7.33. The zero-order chi connectivity index (χ0) is 10.9. The lowest BCUT2D eigenvalue weighted by Gasteiger charge is -2.18. The molecular formula is C14H27N. The molecule has 0 bridgehead atoms. The molecule has 0 heterocycles. The molecule has 1 saturated carbocycles. The van der Waals surface area contributed by atoms with Crippen LogP contribution in [0, 0.1) is 0 Å². The summed E-state index contributed by atoms with van der Waals surface area (Å²) >= 11 is 0. The molecule has 0 aromatic heterocycles. The lowest BCUT2D eigenvalue weighted by molar-refractivity contribution is 0.442. The van der Waals surface area contributed by atoms with Crippen LogP contribution in [0.2, 0.25) is 0 Å². The van der Waals surface area contributed by atoms with Gasteiger partial charge in [-0.2, -0.15) is 0 Å². The average molecular weight is 209 g/mol. The first-order valence-corrected chi connectivity index (χ1v) is 6.86. The van der Waals surface area contributed by atoms with Crippen molar-refractivity contribution in [3.63, 3.8) is 0 Å². The highest BCUT2D eigenvalue weighted by molar-refractivity contribution is 5.82. The fourth-order valence-corrected chi connectivity index (χ4v) is 2.39. The molecule has 0 unspecified atom stereocenters. The molecule has 1 aliphatic rings. The van der Waals surface area contributed by atoms with Crippen molar-refractivity contribution in [2.24, 2.45) is 4.99 Å². The van der Waals surface area contributed by atoms with Gasteiger partial charge < -0.3 is 0 Å². The van der Waals surface area contributed by atoms with Crippen molar-refractivity contribution in [2.75, 3.05) is 0 Å². The molecule has 1 aliphatic carbocycles. The second kappa shape index (κ2) is 7.90.